The molecule has 1 atom stereocenters. The van der Waals surface area contributed by atoms with E-state index < -0.39 is 0 Å². The van der Waals surface area contributed by atoms with Crippen molar-refractivity contribution in [3.05, 3.63) is 70.8 Å². The van der Waals surface area contributed by atoms with E-state index in [0.717, 1.165) is 39.0 Å². The predicted molar refractivity (Wildman–Crippen MR) is 122 cm³/mol. The standard InChI is InChI=1S/C26H35N3O/c1-21-7-4-9-23(15-21)19-29-14-6-11-25(20-29)26(30)27-17-22-8-5-10-24(16-22)18-28-12-2-3-13-28/h4-5,7-10,15-16,25H,2-3,6,11-14,17-20H2,1H3,(H,27,30). The van der Waals surface area contributed by atoms with E-state index in [1.165, 1.54) is 48.2 Å². The molecule has 1 unspecified atom stereocenters. The fourth-order valence-electron chi connectivity index (χ4n) is 4.85. The number of benzene rings is 2. The molecule has 2 heterocycles. The molecular weight excluding hydrogens is 370 g/mol. The average molecular weight is 406 g/mol. The second-order valence-corrected chi connectivity index (χ2v) is 9.08. The number of amides is 1. The van der Waals surface area contributed by atoms with Crippen LogP contribution < -0.4 is 5.32 Å². The summed E-state index contributed by atoms with van der Waals surface area (Å²) in [6.45, 7) is 9.08. The molecule has 0 aromatic heterocycles. The number of hydrogen-bond acceptors (Lipinski definition) is 3. The first-order chi connectivity index (χ1) is 14.7. The summed E-state index contributed by atoms with van der Waals surface area (Å²) in [7, 11) is 0. The maximum Gasteiger partial charge on any atom is 0.224 e. The number of likely N-dealkylation sites (tertiary alicyclic amines) is 2. The third-order valence-electron chi connectivity index (χ3n) is 6.43. The van der Waals surface area contributed by atoms with Crippen molar-refractivity contribution < 1.29 is 4.79 Å². The van der Waals surface area contributed by atoms with Gasteiger partial charge in [0.15, 0.2) is 0 Å². The summed E-state index contributed by atoms with van der Waals surface area (Å²) in [6, 6.07) is 17.4. The van der Waals surface area contributed by atoms with E-state index in [4.69, 9.17) is 0 Å². The molecule has 160 valence electrons. The molecule has 1 amide bonds. The Balaban J connectivity index is 1.27. The van der Waals surface area contributed by atoms with Gasteiger partial charge in [0.25, 0.3) is 0 Å². The molecule has 1 N–H and O–H groups in total. The molecule has 2 aromatic carbocycles. The van der Waals surface area contributed by atoms with Crippen molar-refractivity contribution in [3.8, 4) is 0 Å². The van der Waals surface area contributed by atoms with Gasteiger partial charge in [-0.25, -0.2) is 0 Å². The summed E-state index contributed by atoms with van der Waals surface area (Å²) < 4.78 is 0. The number of hydrogen-bond donors (Lipinski definition) is 1. The van der Waals surface area contributed by atoms with Crippen LogP contribution in [-0.2, 0) is 24.4 Å². The van der Waals surface area contributed by atoms with E-state index in [1.54, 1.807) is 0 Å². The lowest BCUT2D eigenvalue weighted by atomic mass is 9.96. The van der Waals surface area contributed by atoms with Crippen LogP contribution in [0.25, 0.3) is 0 Å². The normalized spacial score (nSPS) is 20.4. The molecule has 0 radical (unpaired) electrons. The molecule has 30 heavy (non-hydrogen) atoms. The predicted octanol–water partition coefficient (Wildman–Crippen LogP) is 4.12. The van der Waals surface area contributed by atoms with Crippen molar-refractivity contribution in [1.82, 2.24) is 15.1 Å². The fourth-order valence-corrected chi connectivity index (χ4v) is 4.85. The summed E-state index contributed by atoms with van der Waals surface area (Å²) in [5, 5.41) is 3.20. The Labute approximate surface area is 181 Å². The number of carbonyl (C=O) groups is 1. The van der Waals surface area contributed by atoms with Gasteiger partial charge in [0.05, 0.1) is 5.92 Å². The summed E-state index contributed by atoms with van der Waals surface area (Å²) in [5.74, 6) is 0.297. The Morgan fingerprint density at radius 1 is 0.900 bits per heavy atom. The van der Waals surface area contributed by atoms with Crippen LogP contribution in [0.4, 0.5) is 0 Å². The van der Waals surface area contributed by atoms with Crippen molar-refractivity contribution in [2.75, 3.05) is 26.2 Å². The average Bonchev–Trinajstić information content (AvgIpc) is 3.25. The topological polar surface area (TPSA) is 35.6 Å². The third kappa shape index (κ3) is 5.93. The van der Waals surface area contributed by atoms with Crippen LogP contribution in [0.5, 0.6) is 0 Å². The third-order valence-corrected chi connectivity index (χ3v) is 6.43. The highest BCUT2D eigenvalue weighted by Gasteiger charge is 2.25. The van der Waals surface area contributed by atoms with Crippen LogP contribution in [-0.4, -0.2) is 41.9 Å². The van der Waals surface area contributed by atoms with E-state index >= 15 is 0 Å². The molecule has 4 nitrogen and oxygen atoms in total. The van der Waals surface area contributed by atoms with E-state index in [0.29, 0.717) is 6.54 Å². The molecule has 4 heteroatoms. The molecule has 4 rings (SSSR count). The maximum absolute atomic E-state index is 12.8. The lowest BCUT2D eigenvalue weighted by Crippen LogP contribution is -2.42. The van der Waals surface area contributed by atoms with E-state index in [1.807, 2.05) is 0 Å². The van der Waals surface area contributed by atoms with Gasteiger partial charge in [0.2, 0.25) is 5.91 Å². The van der Waals surface area contributed by atoms with Crippen molar-refractivity contribution in [2.45, 2.75) is 52.2 Å². The molecule has 0 saturated carbocycles. The second-order valence-electron chi connectivity index (χ2n) is 9.08. The lowest BCUT2D eigenvalue weighted by molar-refractivity contribution is -0.126. The zero-order valence-electron chi connectivity index (χ0n) is 18.3. The van der Waals surface area contributed by atoms with Crippen molar-refractivity contribution in [1.29, 1.82) is 0 Å². The first-order valence-corrected chi connectivity index (χ1v) is 11.5. The van der Waals surface area contributed by atoms with Gasteiger partial charge in [0.1, 0.15) is 0 Å². The molecule has 0 aliphatic carbocycles. The van der Waals surface area contributed by atoms with Crippen LogP contribution in [0.2, 0.25) is 0 Å². The fraction of sp³-hybridized carbons (Fsp3) is 0.500. The summed E-state index contributed by atoms with van der Waals surface area (Å²) >= 11 is 0. The quantitative estimate of drug-likeness (QED) is 0.753. The van der Waals surface area contributed by atoms with Gasteiger partial charge in [-0.05, 0) is 68.9 Å². The summed E-state index contributed by atoms with van der Waals surface area (Å²) in [4.78, 5) is 17.8. The van der Waals surface area contributed by atoms with Gasteiger partial charge in [-0.1, -0.05) is 54.1 Å². The van der Waals surface area contributed by atoms with Crippen molar-refractivity contribution >= 4 is 5.91 Å². The molecule has 2 saturated heterocycles. The molecular formula is C26H35N3O. The highest BCUT2D eigenvalue weighted by molar-refractivity contribution is 5.79. The minimum Gasteiger partial charge on any atom is -0.352 e. The molecule has 2 fully saturated rings. The monoisotopic (exact) mass is 405 g/mol. The van der Waals surface area contributed by atoms with Crippen LogP contribution in [0.3, 0.4) is 0 Å². The number of rotatable bonds is 7. The first kappa shape index (κ1) is 21.1. The zero-order chi connectivity index (χ0) is 20.8. The Hall–Kier alpha value is -2.17. The van der Waals surface area contributed by atoms with Gasteiger partial charge in [-0.3, -0.25) is 14.6 Å². The smallest absolute Gasteiger partial charge is 0.224 e. The van der Waals surface area contributed by atoms with Crippen LogP contribution in [0.15, 0.2) is 48.5 Å². The SMILES string of the molecule is Cc1cccc(CN2CCCC(C(=O)NCc3cccc(CN4CCCC4)c3)C2)c1. The lowest BCUT2D eigenvalue weighted by Gasteiger charge is -2.32. The molecule has 0 bridgehead atoms. The molecule has 2 aliphatic rings. The van der Waals surface area contributed by atoms with Crippen LogP contribution >= 0.6 is 0 Å². The summed E-state index contributed by atoms with van der Waals surface area (Å²) in [5.41, 5.74) is 5.19. The number of aryl methyl sites for hydroxylation is 1. The van der Waals surface area contributed by atoms with E-state index in [-0.39, 0.29) is 11.8 Å². The highest BCUT2D eigenvalue weighted by atomic mass is 16.1. The van der Waals surface area contributed by atoms with Crippen LogP contribution in [0.1, 0.15) is 47.9 Å². The van der Waals surface area contributed by atoms with Crippen molar-refractivity contribution in [3.63, 3.8) is 0 Å². The maximum atomic E-state index is 12.8. The van der Waals surface area contributed by atoms with Crippen LogP contribution in [0, 0.1) is 12.8 Å². The highest BCUT2D eigenvalue weighted by Crippen LogP contribution is 2.20. The first-order valence-electron chi connectivity index (χ1n) is 11.5. The van der Waals surface area contributed by atoms with E-state index in [2.05, 4.69) is 70.6 Å². The molecule has 0 spiro atoms. The largest absolute Gasteiger partial charge is 0.352 e. The Morgan fingerprint density at radius 3 is 2.37 bits per heavy atom. The van der Waals surface area contributed by atoms with Gasteiger partial charge < -0.3 is 5.32 Å². The summed E-state index contributed by atoms with van der Waals surface area (Å²) in [6.07, 6.45) is 4.72. The molecule has 2 aliphatic heterocycles. The zero-order valence-corrected chi connectivity index (χ0v) is 18.3. The van der Waals surface area contributed by atoms with Crippen molar-refractivity contribution in [2.24, 2.45) is 5.92 Å². The Bertz CT molecular complexity index is 844. The number of carbonyl (C=O) groups excluding carboxylic acids is 1. The molecule has 2 aromatic rings. The van der Waals surface area contributed by atoms with Gasteiger partial charge in [-0.2, -0.15) is 0 Å². The van der Waals surface area contributed by atoms with E-state index in [9.17, 15) is 4.79 Å². The Kier molecular flexibility index (Phi) is 7.19. The Morgan fingerprint density at radius 2 is 1.57 bits per heavy atom. The minimum absolute atomic E-state index is 0.0938. The second kappa shape index (κ2) is 10.2. The van der Waals surface area contributed by atoms with Gasteiger partial charge >= 0.3 is 0 Å². The number of nitrogens with one attached hydrogen (secondary N) is 1. The minimum atomic E-state index is 0.0938. The van der Waals surface area contributed by atoms with Gasteiger partial charge in [0, 0.05) is 26.2 Å². The van der Waals surface area contributed by atoms with Gasteiger partial charge in [-0.15, -0.1) is 0 Å². The number of nitrogens with zero attached hydrogens (tertiary/aromatic N) is 2. The number of piperidine rings is 1.